The molecular formula is C19H19N3O5. The van der Waals surface area contributed by atoms with Crippen LogP contribution in [-0.2, 0) is 4.79 Å². The molecule has 0 radical (unpaired) electrons. The average molecular weight is 369 g/mol. The van der Waals surface area contributed by atoms with Crippen LogP contribution in [0.1, 0.15) is 11.1 Å². The fraction of sp³-hybridized carbons (Fsp3) is 0.211. The summed E-state index contributed by atoms with van der Waals surface area (Å²) in [6.45, 7) is -0.222. The maximum Gasteiger partial charge on any atom is 0.277 e. The Morgan fingerprint density at radius 3 is 2.22 bits per heavy atom. The topological polar surface area (TPSA) is 102 Å². The molecule has 1 N–H and O–H groups in total. The van der Waals surface area contributed by atoms with Gasteiger partial charge in [0.1, 0.15) is 23.0 Å². The summed E-state index contributed by atoms with van der Waals surface area (Å²) in [6.07, 6.45) is 1.41. The maximum atomic E-state index is 11.9. The normalized spacial score (nSPS) is 10.1. The molecule has 8 nitrogen and oxygen atoms in total. The Bertz CT molecular complexity index is 832. The minimum absolute atomic E-state index is 0.222. The monoisotopic (exact) mass is 369 g/mol. The highest BCUT2D eigenvalue weighted by atomic mass is 16.5. The molecule has 1 amide bonds. The van der Waals surface area contributed by atoms with Crippen LogP contribution in [0.4, 0.5) is 0 Å². The molecule has 2 rings (SSSR count). The van der Waals surface area contributed by atoms with Crippen molar-refractivity contribution in [2.75, 3.05) is 27.9 Å². The van der Waals surface area contributed by atoms with Gasteiger partial charge in [-0.15, -0.1) is 0 Å². The molecule has 2 aromatic carbocycles. The van der Waals surface area contributed by atoms with Gasteiger partial charge >= 0.3 is 0 Å². The quantitative estimate of drug-likeness (QED) is 0.565. The minimum atomic E-state index is -0.443. The predicted octanol–water partition coefficient (Wildman–Crippen LogP) is 2.11. The summed E-state index contributed by atoms with van der Waals surface area (Å²) in [5.41, 5.74) is 3.43. The Labute approximate surface area is 156 Å². The van der Waals surface area contributed by atoms with Crippen LogP contribution in [0.2, 0.25) is 0 Å². The number of amides is 1. The van der Waals surface area contributed by atoms with Crippen LogP contribution in [0.15, 0.2) is 41.5 Å². The summed E-state index contributed by atoms with van der Waals surface area (Å²) in [6, 6.07) is 11.8. The van der Waals surface area contributed by atoms with Crippen LogP contribution in [-0.4, -0.2) is 40.1 Å². The van der Waals surface area contributed by atoms with Gasteiger partial charge in [-0.1, -0.05) is 0 Å². The summed E-state index contributed by atoms with van der Waals surface area (Å²) >= 11 is 0. The number of hydrogen-bond donors (Lipinski definition) is 1. The SMILES string of the molecule is COc1cc(OC)c(/C=N/NC(=O)COc2ccc(C#N)cc2)c(OC)c1. The highest BCUT2D eigenvalue weighted by Crippen LogP contribution is 2.32. The number of hydrogen-bond acceptors (Lipinski definition) is 7. The van der Waals surface area contributed by atoms with E-state index in [2.05, 4.69) is 10.5 Å². The zero-order chi connectivity index (χ0) is 19.6. The highest BCUT2D eigenvalue weighted by Gasteiger charge is 2.11. The van der Waals surface area contributed by atoms with Crippen LogP contribution >= 0.6 is 0 Å². The second-order valence-electron chi connectivity index (χ2n) is 5.16. The molecule has 0 saturated carbocycles. The van der Waals surface area contributed by atoms with Crippen molar-refractivity contribution in [2.45, 2.75) is 0 Å². The van der Waals surface area contributed by atoms with Crippen molar-refractivity contribution in [3.05, 3.63) is 47.5 Å². The summed E-state index contributed by atoms with van der Waals surface area (Å²) in [4.78, 5) is 11.9. The molecule has 140 valence electrons. The number of benzene rings is 2. The van der Waals surface area contributed by atoms with Gasteiger partial charge in [0.15, 0.2) is 6.61 Å². The van der Waals surface area contributed by atoms with Crippen molar-refractivity contribution in [1.29, 1.82) is 5.26 Å². The zero-order valence-corrected chi connectivity index (χ0v) is 15.2. The molecule has 0 fully saturated rings. The van der Waals surface area contributed by atoms with Crippen LogP contribution in [0.3, 0.4) is 0 Å². The van der Waals surface area contributed by atoms with Crippen molar-refractivity contribution in [1.82, 2.24) is 5.43 Å². The summed E-state index contributed by atoms with van der Waals surface area (Å²) in [5, 5.41) is 12.7. The molecule has 0 saturated heterocycles. The average Bonchev–Trinajstić information content (AvgIpc) is 2.72. The Morgan fingerprint density at radius 2 is 1.70 bits per heavy atom. The largest absolute Gasteiger partial charge is 0.496 e. The molecule has 0 unspecified atom stereocenters. The van der Waals surface area contributed by atoms with E-state index in [0.29, 0.717) is 34.1 Å². The van der Waals surface area contributed by atoms with E-state index < -0.39 is 5.91 Å². The highest BCUT2D eigenvalue weighted by molar-refractivity contribution is 5.89. The smallest absolute Gasteiger partial charge is 0.277 e. The summed E-state index contributed by atoms with van der Waals surface area (Å²) in [7, 11) is 4.56. The van der Waals surface area contributed by atoms with E-state index in [-0.39, 0.29) is 6.61 Å². The number of nitriles is 1. The number of nitrogens with zero attached hydrogens (tertiary/aromatic N) is 2. The van der Waals surface area contributed by atoms with E-state index in [0.717, 1.165) is 0 Å². The van der Waals surface area contributed by atoms with E-state index in [4.69, 9.17) is 24.2 Å². The van der Waals surface area contributed by atoms with Crippen molar-refractivity contribution in [2.24, 2.45) is 5.10 Å². The van der Waals surface area contributed by atoms with E-state index in [1.54, 1.807) is 36.4 Å². The molecule has 0 aliphatic rings. The Morgan fingerprint density at radius 1 is 1.07 bits per heavy atom. The predicted molar refractivity (Wildman–Crippen MR) is 98.5 cm³/mol. The number of rotatable bonds is 8. The lowest BCUT2D eigenvalue weighted by Gasteiger charge is -2.12. The summed E-state index contributed by atoms with van der Waals surface area (Å²) < 4.78 is 21.1. The van der Waals surface area contributed by atoms with Gasteiger partial charge in [-0.25, -0.2) is 5.43 Å². The van der Waals surface area contributed by atoms with Crippen molar-refractivity contribution in [3.8, 4) is 29.1 Å². The number of ether oxygens (including phenoxy) is 4. The molecule has 0 aliphatic carbocycles. The summed E-state index contributed by atoms with van der Waals surface area (Å²) in [5.74, 6) is 1.57. The molecule has 0 spiro atoms. The van der Waals surface area contributed by atoms with Crippen molar-refractivity contribution >= 4 is 12.1 Å². The standard InChI is InChI=1S/C19H19N3O5/c1-24-15-8-17(25-2)16(18(9-15)26-3)11-21-22-19(23)12-27-14-6-4-13(10-20)5-7-14/h4-9,11H,12H2,1-3H3,(H,22,23)/b21-11+. The fourth-order valence-electron chi connectivity index (χ4n) is 2.14. The third-order valence-electron chi connectivity index (χ3n) is 3.49. The second-order valence-corrected chi connectivity index (χ2v) is 5.16. The third kappa shape index (κ3) is 5.37. The van der Waals surface area contributed by atoms with E-state index in [1.165, 1.54) is 27.5 Å². The van der Waals surface area contributed by atoms with Crippen molar-refractivity contribution < 1.29 is 23.7 Å². The lowest BCUT2D eigenvalue weighted by molar-refractivity contribution is -0.123. The lowest BCUT2D eigenvalue weighted by Crippen LogP contribution is -2.24. The van der Waals surface area contributed by atoms with E-state index in [9.17, 15) is 4.79 Å². The van der Waals surface area contributed by atoms with Gasteiger partial charge < -0.3 is 18.9 Å². The van der Waals surface area contributed by atoms with Crippen molar-refractivity contribution in [3.63, 3.8) is 0 Å². The van der Waals surface area contributed by atoms with E-state index in [1.807, 2.05) is 6.07 Å². The number of carbonyl (C=O) groups excluding carboxylic acids is 1. The van der Waals surface area contributed by atoms with Crippen LogP contribution in [0.25, 0.3) is 0 Å². The third-order valence-corrected chi connectivity index (χ3v) is 3.49. The van der Waals surface area contributed by atoms with Crippen LogP contribution in [0, 0.1) is 11.3 Å². The number of hydrazone groups is 1. The molecule has 0 atom stereocenters. The number of nitrogens with one attached hydrogen (secondary N) is 1. The zero-order valence-electron chi connectivity index (χ0n) is 15.2. The Balaban J connectivity index is 1.97. The molecule has 0 aromatic heterocycles. The molecule has 0 bridgehead atoms. The van der Waals surface area contributed by atoms with Gasteiger partial charge in [0.05, 0.1) is 44.7 Å². The first-order valence-corrected chi connectivity index (χ1v) is 7.86. The first-order valence-electron chi connectivity index (χ1n) is 7.86. The maximum absolute atomic E-state index is 11.9. The molecule has 27 heavy (non-hydrogen) atoms. The Hall–Kier alpha value is -3.73. The molecule has 0 heterocycles. The lowest BCUT2D eigenvalue weighted by atomic mass is 10.2. The van der Waals surface area contributed by atoms with Gasteiger partial charge in [0.2, 0.25) is 0 Å². The molecule has 2 aromatic rings. The number of methoxy groups -OCH3 is 3. The first-order chi connectivity index (χ1) is 13.1. The molecule has 0 aliphatic heterocycles. The van der Waals surface area contributed by atoms with Gasteiger partial charge in [0.25, 0.3) is 5.91 Å². The minimum Gasteiger partial charge on any atom is -0.496 e. The van der Waals surface area contributed by atoms with Crippen LogP contribution < -0.4 is 24.4 Å². The fourth-order valence-corrected chi connectivity index (χ4v) is 2.14. The van der Waals surface area contributed by atoms with E-state index >= 15 is 0 Å². The van der Waals surface area contributed by atoms with Gasteiger partial charge in [-0.05, 0) is 24.3 Å². The van der Waals surface area contributed by atoms with Gasteiger partial charge in [-0.2, -0.15) is 10.4 Å². The molecule has 8 heteroatoms. The molecular weight excluding hydrogens is 350 g/mol. The Kier molecular flexibility index (Phi) is 7.02. The first kappa shape index (κ1) is 19.6. The van der Waals surface area contributed by atoms with Gasteiger partial charge in [-0.3, -0.25) is 4.79 Å². The van der Waals surface area contributed by atoms with Crippen LogP contribution in [0.5, 0.6) is 23.0 Å². The number of carbonyl (C=O) groups is 1. The van der Waals surface area contributed by atoms with Gasteiger partial charge in [0, 0.05) is 12.1 Å². The second kappa shape index (κ2) is 9.68.